The molecule has 0 spiro atoms. The number of guanidine groups is 1. The summed E-state index contributed by atoms with van der Waals surface area (Å²) in [7, 11) is 3.45. The Balaban J connectivity index is 0.00000484. The van der Waals surface area contributed by atoms with Crippen LogP contribution in [0.1, 0.15) is 26.7 Å². The Morgan fingerprint density at radius 2 is 2.17 bits per heavy atom. The highest BCUT2D eigenvalue weighted by Crippen LogP contribution is 1.90. The van der Waals surface area contributed by atoms with Crippen LogP contribution < -0.4 is 10.6 Å². The van der Waals surface area contributed by atoms with Crippen LogP contribution in [0.4, 0.5) is 0 Å². The molecular weight excluding hydrogens is 409 g/mol. The van der Waals surface area contributed by atoms with Crippen molar-refractivity contribution in [2.24, 2.45) is 4.99 Å². The average molecular weight is 437 g/mol. The van der Waals surface area contributed by atoms with Crippen molar-refractivity contribution >= 4 is 35.8 Å². The summed E-state index contributed by atoms with van der Waals surface area (Å²) in [6.45, 7) is 5.87. The second-order valence-corrected chi connectivity index (χ2v) is 5.35. The predicted molar refractivity (Wildman–Crippen MR) is 102 cm³/mol. The standard InChI is InChI=1S/C14H27N7O.HI/c1-5-12(2)18-14(16-11-13(22)20(3)4)15-7-6-9-21-10-8-17-19-21;/h8,10,12H,5-7,9,11H2,1-4H3,(H2,15,16,18);1H. The SMILES string of the molecule is CCC(C)NC(=NCC(=O)N(C)C)NCCCn1ccnn1.I. The Morgan fingerprint density at radius 1 is 1.43 bits per heavy atom. The van der Waals surface area contributed by atoms with Crippen molar-refractivity contribution in [2.45, 2.75) is 39.3 Å². The summed E-state index contributed by atoms with van der Waals surface area (Å²) in [5, 5.41) is 14.2. The van der Waals surface area contributed by atoms with Crippen LogP contribution in [0.2, 0.25) is 0 Å². The minimum absolute atomic E-state index is 0. The van der Waals surface area contributed by atoms with Gasteiger partial charge in [0.15, 0.2) is 5.96 Å². The van der Waals surface area contributed by atoms with E-state index in [4.69, 9.17) is 0 Å². The van der Waals surface area contributed by atoms with E-state index in [0.717, 1.165) is 25.9 Å². The van der Waals surface area contributed by atoms with Crippen LogP contribution in [0.25, 0.3) is 0 Å². The summed E-state index contributed by atoms with van der Waals surface area (Å²) in [4.78, 5) is 17.5. The molecule has 8 nitrogen and oxygen atoms in total. The lowest BCUT2D eigenvalue weighted by molar-refractivity contribution is -0.127. The second-order valence-electron chi connectivity index (χ2n) is 5.35. The lowest BCUT2D eigenvalue weighted by atomic mass is 10.3. The molecule has 1 rings (SSSR count). The average Bonchev–Trinajstić information content (AvgIpc) is 3.01. The molecule has 0 aliphatic rings. The van der Waals surface area contributed by atoms with Gasteiger partial charge in [0.25, 0.3) is 0 Å². The summed E-state index contributed by atoms with van der Waals surface area (Å²) in [6.07, 6.45) is 5.38. The molecule has 1 amide bonds. The zero-order valence-electron chi connectivity index (χ0n) is 14.3. The highest BCUT2D eigenvalue weighted by molar-refractivity contribution is 14.0. The van der Waals surface area contributed by atoms with E-state index >= 15 is 0 Å². The molecule has 132 valence electrons. The zero-order chi connectivity index (χ0) is 16.4. The minimum Gasteiger partial charge on any atom is -0.356 e. The van der Waals surface area contributed by atoms with Gasteiger partial charge in [-0.1, -0.05) is 12.1 Å². The molecule has 1 atom stereocenters. The van der Waals surface area contributed by atoms with Crippen molar-refractivity contribution < 1.29 is 4.79 Å². The summed E-state index contributed by atoms with van der Waals surface area (Å²) in [5.41, 5.74) is 0. The lowest BCUT2D eigenvalue weighted by Crippen LogP contribution is -2.43. The second kappa shape index (κ2) is 12.1. The molecule has 1 aromatic rings. The number of carbonyl (C=O) groups is 1. The van der Waals surface area contributed by atoms with Gasteiger partial charge in [-0.2, -0.15) is 0 Å². The largest absolute Gasteiger partial charge is 0.356 e. The van der Waals surface area contributed by atoms with Crippen LogP contribution in [0.5, 0.6) is 0 Å². The van der Waals surface area contributed by atoms with Gasteiger partial charge in [-0.15, -0.1) is 29.1 Å². The predicted octanol–water partition coefficient (Wildman–Crippen LogP) is 0.708. The fraction of sp³-hybridized carbons (Fsp3) is 0.714. The van der Waals surface area contributed by atoms with E-state index in [0.29, 0.717) is 12.0 Å². The molecule has 1 aromatic heterocycles. The van der Waals surface area contributed by atoms with Gasteiger partial charge in [-0.3, -0.25) is 9.48 Å². The number of rotatable bonds is 8. The number of nitrogens with zero attached hydrogens (tertiary/aromatic N) is 5. The molecule has 0 saturated carbocycles. The number of nitrogens with one attached hydrogen (secondary N) is 2. The van der Waals surface area contributed by atoms with Crippen LogP contribution in [-0.2, 0) is 11.3 Å². The molecule has 0 fully saturated rings. The third kappa shape index (κ3) is 9.36. The van der Waals surface area contributed by atoms with Crippen LogP contribution in [0.15, 0.2) is 17.4 Å². The number of aryl methyl sites for hydroxylation is 1. The molecule has 1 unspecified atom stereocenters. The lowest BCUT2D eigenvalue weighted by Gasteiger charge is -2.17. The smallest absolute Gasteiger partial charge is 0.243 e. The van der Waals surface area contributed by atoms with Crippen LogP contribution in [0, 0.1) is 0 Å². The molecule has 0 radical (unpaired) electrons. The molecule has 1 heterocycles. The highest BCUT2D eigenvalue weighted by Gasteiger charge is 2.06. The van der Waals surface area contributed by atoms with Crippen molar-refractivity contribution in [3.8, 4) is 0 Å². The molecule has 9 heteroatoms. The van der Waals surface area contributed by atoms with Crippen LogP contribution in [0.3, 0.4) is 0 Å². The van der Waals surface area contributed by atoms with E-state index in [1.54, 1.807) is 25.0 Å². The Labute approximate surface area is 155 Å². The maximum atomic E-state index is 11.6. The minimum atomic E-state index is -0.0205. The fourth-order valence-electron chi connectivity index (χ4n) is 1.58. The quantitative estimate of drug-likeness (QED) is 0.271. The van der Waals surface area contributed by atoms with Gasteiger partial charge in [-0.25, -0.2) is 4.99 Å². The number of hydrogen-bond donors (Lipinski definition) is 2. The maximum Gasteiger partial charge on any atom is 0.243 e. The monoisotopic (exact) mass is 437 g/mol. The highest BCUT2D eigenvalue weighted by atomic mass is 127. The van der Waals surface area contributed by atoms with E-state index in [-0.39, 0.29) is 36.4 Å². The molecule has 0 bridgehead atoms. The molecule has 0 aliphatic heterocycles. The first-order chi connectivity index (χ1) is 10.5. The van der Waals surface area contributed by atoms with Gasteiger partial charge in [-0.05, 0) is 19.8 Å². The van der Waals surface area contributed by atoms with Crippen molar-refractivity contribution in [2.75, 3.05) is 27.2 Å². The molecule has 0 saturated heterocycles. The number of likely N-dealkylation sites (N-methyl/N-ethyl adjacent to an activating group) is 1. The summed E-state index contributed by atoms with van der Waals surface area (Å²) in [6, 6.07) is 0.302. The third-order valence-corrected chi connectivity index (χ3v) is 3.20. The van der Waals surface area contributed by atoms with Crippen LogP contribution >= 0.6 is 24.0 Å². The third-order valence-electron chi connectivity index (χ3n) is 3.20. The van der Waals surface area contributed by atoms with E-state index in [9.17, 15) is 4.79 Å². The number of amides is 1. The zero-order valence-corrected chi connectivity index (χ0v) is 16.7. The first kappa shape index (κ1) is 21.6. The molecule has 23 heavy (non-hydrogen) atoms. The number of hydrogen-bond acceptors (Lipinski definition) is 4. The van der Waals surface area contributed by atoms with Gasteiger partial charge >= 0.3 is 0 Å². The first-order valence-electron chi connectivity index (χ1n) is 7.62. The number of aromatic nitrogens is 3. The number of aliphatic imine (C=N–C) groups is 1. The number of carbonyl (C=O) groups excluding carboxylic acids is 1. The number of halogens is 1. The normalized spacial score (nSPS) is 12.3. The van der Waals surface area contributed by atoms with Gasteiger partial charge in [0.05, 0.1) is 6.20 Å². The van der Waals surface area contributed by atoms with Crippen molar-refractivity contribution in [3.05, 3.63) is 12.4 Å². The summed E-state index contributed by atoms with van der Waals surface area (Å²) in [5.74, 6) is 0.649. The maximum absolute atomic E-state index is 11.6. The first-order valence-corrected chi connectivity index (χ1v) is 7.62. The van der Waals surface area contributed by atoms with Crippen LogP contribution in [-0.4, -0.2) is 65.0 Å². The Bertz CT molecular complexity index is 462. The Hall–Kier alpha value is -1.39. The Morgan fingerprint density at radius 3 is 2.74 bits per heavy atom. The van der Waals surface area contributed by atoms with Crippen molar-refractivity contribution in [1.29, 1.82) is 0 Å². The molecular formula is C14H28IN7O. The molecule has 0 aliphatic carbocycles. The van der Waals surface area contributed by atoms with Crippen molar-refractivity contribution in [3.63, 3.8) is 0 Å². The molecule has 2 N–H and O–H groups in total. The summed E-state index contributed by atoms with van der Waals surface area (Å²) >= 11 is 0. The van der Waals surface area contributed by atoms with E-state index < -0.39 is 0 Å². The topological polar surface area (TPSA) is 87.4 Å². The van der Waals surface area contributed by atoms with E-state index in [1.807, 2.05) is 6.20 Å². The van der Waals surface area contributed by atoms with E-state index in [2.05, 4.69) is 39.8 Å². The van der Waals surface area contributed by atoms with Gasteiger partial charge in [0.2, 0.25) is 5.91 Å². The molecule has 0 aromatic carbocycles. The summed E-state index contributed by atoms with van der Waals surface area (Å²) < 4.78 is 1.79. The van der Waals surface area contributed by atoms with Crippen molar-refractivity contribution in [1.82, 2.24) is 30.5 Å². The van der Waals surface area contributed by atoms with E-state index in [1.165, 1.54) is 4.90 Å². The van der Waals surface area contributed by atoms with Gasteiger partial charge < -0.3 is 15.5 Å². The van der Waals surface area contributed by atoms with Gasteiger partial charge in [0, 0.05) is 39.4 Å². The Kier molecular flexibility index (Phi) is 11.4. The van der Waals surface area contributed by atoms with Gasteiger partial charge in [0.1, 0.15) is 6.54 Å². The fourth-order valence-corrected chi connectivity index (χ4v) is 1.58.